The van der Waals surface area contributed by atoms with Gasteiger partial charge < -0.3 is 15.0 Å². The van der Waals surface area contributed by atoms with Crippen molar-refractivity contribution in [1.82, 2.24) is 9.97 Å². The van der Waals surface area contributed by atoms with Gasteiger partial charge in [0.05, 0.1) is 11.8 Å². The van der Waals surface area contributed by atoms with E-state index >= 15 is 0 Å². The Bertz CT molecular complexity index is 1170. The number of rotatable bonds is 5. The monoisotopic (exact) mass is 474 g/mol. The Kier molecular flexibility index (Phi) is 6.67. The predicted molar refractivity (Wildman–Crippen MR) is 119 cm³/mol. The average Bonchev–Trinajstić information content (AvgIpc) is 2.79. The second-order valence-corrected chi connectivity index (χ2v) is 8.21. The van der Waals surface area contributed by atoms with E-state index < -0.39 is 23.8 Å². The molecule has 0 spiro atoms. The predicted octanol–water partition coefficient (Wildman–Crippen LogP) is 5.67. The molecule has 1 aliphatic rings. The van der Waals surface area contributed by atoms with Crippen LogP contribution in [0, 0.1) is 11.7 Å². The summed E-state index contributed by atoms with van der Waals surface area (Å²) in [5.74, 6) is -0.300. The molecule has 3 heterocycles. The smallest absolute Gasteiger partial charge is 0.406 e. The lowest BCUT2D eigenvalue weighted by Crippen LogP contribution is -2.35. The van der Waals surface area contributed by atoms with Crippen molar-refractivity contribution in [3.8, 4) is 16.9 Å². The Morgan fingerprint density at radius 3 is 2.59 bits per heavy atom. The van der Waals surface area contributed by atoms with Crippen molar-refractivity contribution in [3.63, 3.8) is 0 Å². The van der Waals surface area contributed by atoms with Gasteiger partial charge in [0, 0.05) is 42.3 Å². The van der Waals surface area contributed by atoms with Crippen LogP contribution in [0.25, 0.3) is 11.1 Å². The number of aromatic nitrogens is 2. The summed E-state index contributed by atoms with van der Waals surface area (Å²) >= 11 is 0. The number of alkyl halides is 3. The summed E-state index contributed by atoms with van der Waals surface area (Å²) in [6.45, 7) is 3.74. The van der Waals surface area contributed by atoms with Crippen LogP contribution in [-0.2, 0) is 0 Å². The minimum Gasteiger partial charge on any atom is -0.406 e. The van der Waals surface area contributed by atoms with E-state index in [4.69, 9.17) is 0 Å². The summed E-state index contributed by atoms with van der Waals surface area (Å²) < 4.78 is 54.8. The average molecular weight is 474 g/mol. The molecule has 0 saturated carbocycles. The first-order valence-electron chi connectivity index (χ1n) is 10.7. The molecule has 1 saturated heterocycles. The minimum atomic E-state index is -4.80. The topological polar surface area (TPSA) is 67.4 Å². The van der Waals surface area contributed by atoms with E-state index in [1.54, 1.807) is 6.07 Å². The summed E-state index contributed by atoms with van der Waals surface area (Å²) in [5.41, 5.74) is 1.55. The third-order valence-electron chi connectivity index (χ3n) is 5.45. The second kappa shape index (κ2) is 9.66. The van der Waals surface area contributed by atoms with Gasteiger partial charge in [-0.15, -0.1) is 13.2 Å². The van der Waals surface area contributed by atoms with Gasteiger partial charge >= 0.3 is 6.36 Å². The molecule has 1 aromatic carbocycles. The number of benzene rings is 1. The van der Waals surface area contributed by atoms with E-state index in [2.05, 4.69) is 31.8 Å². The number of nitrogens with zero attached hydrogens (tertiary/aromatic N) is 3. The number of pyridine rings is 2. The molecule has 1 N–H and O–H groups in total. The third-order valence-corrected chi connectivity index (χ3v) is 5.45. The molecule has 1 fully saturated rings. The normalized spacial score (nSPS) is 16.3. The van der Waals surface area contributed by atoms with Gasteiger partial charge in [0.2, 0.25) is 0 Å². The summed E-state index contributed by atoms with van der Waals surface area (Å²) in [6.07, 6.45) is 1.36. The first-order chi connectivity index (χ1) is 16.2. The van der Waals surface area contributed by atoms with Crippen LogP contribution in [0.1, 0.15) is 30.1 Å². The lowest BCUT2D eigenvalue weighted by Gasteiger charge is -2.33. The highest BCUT2D eigenvalue weighted by atomic mass is 19.4. The maximum atomic E-state index is 13.9. The van der Waals surface area contributed by atoms with Crippen molar-refractivity contribution in [2.75, 3.05) is 23.3 Å². The zero-order chi connectivity index (χ0) is 24.3. The van der Waals surface area contributed by atoms with Crippen LogP contribution in [0.15, 0.2) is 55.0 Å². The Morgan fingerprint density at radius 2 is 1.91 bits per heavy atom. The standard InChI is InChI=1S/C24H22F4N4O2/c1-15-3-2-8-32(14-15)22-21(16-9-18(25)13-29-11-16)10-17(12-30-22)23(33)31-19-4-6-20(7-5-19)34-24(26,27)28/h4-7,9-13,15H,2-3,8,14H2,1H3,(H,31,33)/t15-/m1/s1. The Morgan fingerprint density at radius 1 is 1.15 bits per heavy atom. The SMILES string of the molecule is C[C@@H]1CCCN(c2ncc(C(=O)Nc3ccc(OC(F)(F)F)cc3)cc2-c2cncc(F)c2)C1. The minimum absolute atomic E-state index is 0.212. The third kappa shape index (κ3) is 5.81. The van der Waals surface area contributed by atoms with Crippen LogP contribution in [0.2, 0.25) is 0 Å². The zero-order valence-corrected chi connectivity index (χ0v) is 18.3. The van der Waals surface area contributed by atoms with Crippen LogP contribution >= 0.6 is 0 Å². The number of amides is 1. The van der Waals surface area contributed by atoms with Crippen molar-refractivity contribution in [2.45, 2.75) is 26.1 Å². The van der Waals surface area contributed by atoms with Gasteiger partial charge in [-0.25, -0.2) is 9.37 Å². The number of hydrogen-bond acceptors (Lipinski definition) is 5. The van der Waals surface area contributed by atoms with Crippen LogP contribution in [0.3, 0.4) is 0 Å². The van der Waals surface area contributed by atoms with Gasteiger partial charge in [-0.05, 0) is 55.2 Å². The number of carbonyl (C=O) groups excluding carboxylic acids is 1. The molecule has 10 heteroatoms. The van der Waals surface area contributed by atoms with Gasteiger partial charge in [0.25, 0.3) is 5.91 Å². The van der Waals surface area contributed by atoms with Crippen molar-refractivity contribution < 1.29 is 27.1 Å². The van der Waals surface area contributed by atoms with Crippen LogP contribution in [-0.4, -0.2) is 35.3 Å². The van der Waals surface area contributed by atoms with Gasteiger partial charge in [0.15, 0.2) is 0 Å². The largest absolute Gasteiger partial charge is 0.573 e. The van der Waals surface area contributed by atoms with E-state index in [1.165, 1.54) is 30.6 Å². The Balaban J connectivity index is 1.60. The highest BCUT2D eigenvalue weighted by Gasteiger charge is 2.31. The van der Waals surface area contributed by atoms with Crippen LogP contribution < -0.4 is 15.0 Å². The zero-order valence-electron chi connectivity index (χ0n) is 18.3. The molecule has 178 valence electrons. The number of hydrogen-bond donors (Lipinski definition) is 1. The van der Waals surface area contributed by atoms with Gasteiger partial charge in [0.1, 0.15) is 17.4 Å². The molecule has 0 aliphatic carbocycles. The molecule has 2 aromatic heterocycles. The molecule has 0 bridgehead atoms. The number of ether oxygens (including phenoxy) is 1. The van der Waals surface area contributed by atoms with Crippen molar-refractivity contribution in [3.05, 3.63) is 66.4 Å². The maximum absolute atomic E-state index is 13.9. The molecule has 1 aliphatic heterocycles. The molecule has 0 unspecified atom stereocenters. The summed E-state index contributed by atoms with van der Waals surface area (Å²) in [5, 5.41) is 2.63. The fourth-order valence-corrected chi connectivity index (χ4v) is 3.93. The number of carbonyl (C=O) groups is 1. The van der Waals surface area contributed by atoms with Crippen molar-refractivity contribution in [2.24, 2.45) is 5.92 Å². The lowest BCUT2D eigenvalue weighted by atomic mass is 9.98. The molecule has 4 rings (SSSR count). The van der Waals surface area contributed by atoms with Crippen molar-refractivity contribution >= 4 is 17.4 Å². The quantitative estimate of drug-likeness (QED) is 0.483. The fourth-order valence-electron chi connectivity index (χ4n) is 3.93. The number of piperidine rings is 1. The molecule has 1 atom stereocenters. The number of halogens is 4. The van der Waals surface area contributed by atoms with Gasteiger partial charge in [-0.2, -0.15) is 0 Å². The molecule has 34 heavy (non-hydrogen) atoms. The fraction of sp³-hybridized carbons (Fsp3) is 0.292. The van der Waals surface area contributed by atoms with Crippen LogP contribution in [0.5, 0.6) is 5.75 Å². The summed E-state index contributed by atoms with van der Waals surface area (Å²) in [7, 11) is 0. The second-order valence-electron chi connectivity index (χ2n) is 8.21. The summed E-state index contributed by atoms with van der Waals surface area (Å²) in [6, 6.07) is 7.76. The highest BCUT2D eigenvalue weighted by molar-refractivity contribution is 6.05. The lowest BCUT2D eigenvalue weighted by molar-refractivity contribution is -0.274. The van der Waals surface area contributed by atoms with Gasteiger partial charge in [-0.3, -0.25) is 9.78 Å². The Labute approximate surface area is 193 Å². The van der Waals surface area contributed by atoms with Gasteiger partial charge in [-0.1, -0.05) is 6.92 Å². The molecule has 6 nitrogen and oxygen atoms in total. The first-order valence-corrected chi connectivity index (χ1v) is 10.7. The molecule has 3 aromatic rings. The number of anilines is 2. The Hall–Kier alpha value is -3.69. The molecular weight excluding hydrogens is 452 g/mol. The first kappa shape index (κ1) is 23.5. The maximum Gasteiger partial charge on any atom is 0.573 e. The highest BCUT2D eigenvalue weighted by Crippen LogP contribution is 2.33. The van der Waals surface area contributed by atoms with E-state index in [0.29, 0.717) is 22.9 Å². The molecule has 1 amide bonds. The molecular formula is C24H22F4N4O2. The van der Waals surface area contributed by atoms with E-state index in [1.807, 2.05) is 0 Å². The van der Waals surface area contributed by atoms with Crippen LogP contribution in [0.4, 0.5) is 29.1 Å². The molecule has 0 radical (unpaired) electrons. The van der Waals surface area contributed by atoms with Crippen molar-refractivity contribution in [1.29, 1.82) is 0 Å². The van der Waals surface area contributed by atoms with E-state index in [9.17, 15) is 22.4 Å². The number of nitrogens with one attached hydrogen (secondary N) is 1. The summed E-state index contributed by atoms with van der Waals surface area (Å²) in [4.78, 5) is 23.4. The van der Waals surface area contributed by atoms with E-state index in [0.717, 1.165) is 44.3 Å². The van der Waals surface area contributed by atoms with E-state index in [-0.39, 0.29) is 11.3 Å².